The van der Waals surface area contributed by atoms with Crippen LogP contribution >= 0.6 is 0 Å². The number of nitrogens with zero attached hydrogens (tertiary/aromatic N) is 2. The van der Waals surface area contributed by atoms with Gasteiger partial charge in [0.05, 0.1) is 6.10 Å². The molecule has 0 saturated heterocycles. The fourth-order valence-electron chi connectivity index (χ4n) is 1.78. The first-order valence-corrected chi connectivity index (χ1v) is 6.75. The van der Waals surface area contributed by atoms with Crippen LogP contribution in [0.4, 0.5) is 4.39 Å². The third-order valence-electron chi connectivity index (χ3n) is 3.20. The van der Waals surface area contributed by atoms with Gasteiger partial charge in [0.2, 0.25) is 0 Å². The monoisotopic (exact) mass is 291 g/mol. The van der Waals surface area contributed by atoms with Gasteiger partial charge in [0, 0.05) is 24.5 Å². The number of hydrogen-bond acceptors (Lipinski definition) is 3. The number of aromatic nitrogens is 2. The van der Waals surface area contributed by atoms with E-state index in [1.54, 1.807) is 18.5 Å². The van der Waals surface area contributed by atoms with Crippen LogP contribution in [0.1, 0.15) is 24.2 Å². The molecule has 2 N–H and O–H groups in total. The van der Waals surface area contributed by atoms with Gasteiger partial charge in [-0.15, -0.1) is 0 Å². The number of hydrogen-bond donors (Lipinski definition) is 2. The van der Waals surface area contributed by atoms with Crippen molar-refractivity contribution in [1.29, 1.82) is 0 Å². The van der Waals surface area contributed by atoms with Gasteiger partial charge in [0.15, 0.2) is 0 Å². The van der Waals surface area contributed by atoms with E-state index < -0.39 is 17.8 Å². The van der Waals surface area contributed by atoms with Gasteiger partial charge in [-0.25, -0.2) is 9.07 Å². The summed E-state index contributed by atoms with van der Waals surface area (Å²) in [4.78, 5) is 11.9. The molecule has 112 valence electrons. The van der Waals surface area contributed by atoms with Gasteiger partial charge in [-0.05, 0) is 30.2 Å². The Morgan fingerprint density at radius 1 is 1.48 bits per heavy atom. The summed E-state index contributed by atoms with van der Waals surface area (Å²) in [6, 6.07) is 5.87. The van der Waals surface area contributed by atoms with Gasteiger partial charge in [-0.1, -0.05) is 13.8 Å². The van der Waals surface area contributed by atoms with Crippen LogP contribution in [0.15, 0.2) is 36.7 Å². The Balaban J connectivity index is 2.08. The fourth-order valence-corrected chi connectivity index (χ4v) is 1.78. The molecule has 21 heavy (non-hydrogen) atoms. The third-order valence-corrected chi connectivity index (χ3v) is 3.20. The Kier molecular flexibility index (Phi) is 4.70. The summed E-state index contributed by atoms with van der Waals surface area (Å²) in [7, 11) is 0. The maximum atomic E-state index is 14.0. The molecular formula is C15H18FN3O2. The summed E-state index contributed by atoms with van der Waals surface area (Å²) in [6.07, 6.45) is 2.55. The zero-order valence-electron chi connectivity index (χ0n) is 12.0. The zero-order chi connectivity index (χ0) is 15.4. The fraction of sp³-hybridized carbons (Fsp3) is 0.333. The maximum Gasteiger partial charge on any atom is 0.251 e. The first kappa shape index (κ1) is 15.2. The number of halogens is 1. The number of aliphatic hydroxyl groups excluding tert-OH is 1. The molecule has 0 bridgehead atoms. The topological polar surface area (TPSA) is 67.2 Å². The third kappa shape index (κ3) is 3.66. The van der Waals surface area contributed by atoms with Crippen molar-refractivity contribution in [2.75, 3.05) is 6.54 Å². The molecule has 0 saturated carbocycles. The lowest BCUT2D eigenvalue weighted by Crippen LogP contribution is -2.34. The molecule has 2 aromatic rings. The van der Waals surface area contributed by atoms with Crippen molar-refractivity contribution < 1.29 is 14.3 Å². The average Bonchev–Trinajstić information content (AvgIpc) is 2.97. The molecule has 5 nitrogen and oxygen atoms in total. The molecule has 0 fully saturated rings. The number of carbonyl (C=O) groups excluding carboxylic acids is 1. The molecule has 1 aromatic heterocycles. The van der Waals surface area contributed by atoms with E-state index in [2.05, 4.69) is 10.4 Å². The van der Waals surface area contributed by atoms with Crippen LogP contribution in [-0.4, -0.2) is 33.4 Å². The van der Waals surface area contributed by atoms with E-state index in [1.807, 2.05) is 13.8 Å². The Morgan fingerprint density at radius 2 is 2.24 bits per heavy atom. The van der Waals surface area contributed by atoms with Gasteiger partial charge in [0.25, 0.3) is 5.91 Å². The summed E-state index contributed by atoms with van der Waals surface area (Å²) in [5.74, 6) is -0.902. The van der Waals surface area contributed by atoms with Crippen LogP contribution in [0.3, 0.4) is 0 Å². The summed E-state index contributed by atoms with van der Waals surface area (Å²) in [6.45, 7) is 3.85. The minimum absolute atomic E-state index is 0.0456. The molecule has 2 rings (SSSR count). The molecule has 0 spiro atoms. The summed E-state index contributed by atoms with van der Waals surface area (Å²) in [5.41, 5.74) is 0.484. The quantitative estimate of drug-likeness (QED) is 0.882. The standard InChI is InChI=1S/C15H18FN3O2/c1-10(2)14(20)9-17-15(21)11-4-5-13(12(16)8-11)19-7-3-6-18-19/h3-8,10,14,20H,9H2,1-2H3,(H,17,21). The SMILES string of the molecule is CC(C)C(O)CNC(=O)c1ccc(-n2cccn2)c(F)c1. The molecule has 0 radical (unpaired) electrons. The first-order valence-electron chi connectivity index (χ1n) is 6.75. The Morgan fingerprint density at radius 3 is 2.81 bits per heavy atom. The lowest BCUT2D eigenvalue weighted by molar-refractivity contribution is 0.0871. The maximum absolute atomic E-state index is 14.0. The Hall–Kier alpha value is -2.21. The number of benzene rings is 1. The molecule has 1 atom stereocenters. The number of carbonyl (C=O) groups is 1. The summed E-state index contributed by atoms with van der Waals surface area (Å²) in [5, 5.41) is 16.2. The molecule has 1 heterocycles. The minimum atomic E-state index is -0.623. The average molecular weight is 291 g/mol. The first-order chi connectivity index (χ1) is 9.99. The van der Waals surface area contributed by atoms with Crippen molar-refractivity contribution in [3.8, 4) is 5.69 Å². The second-order valence-corrected chi connectivity index (χ2v) is 5.14. The van der Waals surface area contributed by atoms with Crippen molar-refractivity contribution in [3.63, 3.8) is 0 Å². The van der Waals surface area contributed by atoms with E-state index in [-0.39, 0.29) is 23.7 Å². The molecule has 0 aliphatic heterocycles. The second kappa shape index (κ2) is 6.49. The van der Waals surface area contributed by atoms with Gasteiger partial charge < -0.3 is 10.4 Å². The van der Waals surface area contributed by atoms with Gasteiger partial charge in [0.1, 0.15) is 11.5 Å². The summed E-state index contributed by atoms with van der Waals surface area (Å²) >= 11 is 0. The van der Waals surface area contributed by atoms with Crippen molar-refractivity contribution >= 4 is 5.91 Å². The lowest BCUT2D eigenvalue weighted by atomic mass is 10.1. The van der Waals surface area contributed by atoms with E-state index in [9.17, 15) is 14.3 Å². The van der Waals surface area contributed by atoms with E-state index >= 15 is 0 Å². The van der Waals surface area contributed by atoms with Crippen LogP contribution in [0.5, 0.6) is 0 Å². The van der Waals surface area contributed by atoms with E-state index in [1.165, 1.54) is 16.8 Å². The van der Waals surface area contributed by atoms with E-state index in [0.717, 1.165) is 6.07 Å². The van der Waals surface area contributed by atoms with Crippen molar-refractivity contribution in [2.24, 2.45) is 5.92 Å². The van der Waals surface area contributed by atoms with Gasteiger partial charge in [-0.2, -0.15) is 5.10 Å². The molecule has 1 unspecified atom stereocenters. The van der Waals surface area contributed by atoms with Gasteiger partial charge in [-0.3, -0.25) is 4.79 Å². The highest BCUT2D eigenvalue weighted by Crippen LogP contribution is 2.14. The largest absolute Gasteiger partial charge is 0.391 e. The van der Waals surface area contributed by atoms with Crippen LogP contribution < -0.4 is 5.32 Å². The van der Waals surface area contributed by atoms with Crippen LogP contribution in [0.25, 0.3) is 5.69 Å². The van der Waals surface area contributed by atoms with Crippen molar-refractivity contribution in [3.05, 3.63) is 48.0 Å². The summed E-state index contributed by atoms with van der Waals surface area (Å²) < 4.78 is 15.4. The van der Waals surface area contributed by atoms with Crippen LogP contribution in [0.2, 0.25) is 0 Å². The molecular weight excluding hydrogens is 273 g/mol. The highest BCUT2D eigenvalue weighted by molar-refractivity contribution is 5.94. The van der Waals surface area contributed by atoms with Gasteiger partial charge >= 0.3 is 0 Å². The molecule has 1 amide bonds. The van der Waals surface area contributed by atoms with E-state index in [0.29, 0.717) is 0 Å². The van der Waals surface area contributed by atoms with E-state index in [4.69, 9.17) is 0 Å². The molecule has 0 aliphatic rings. The van der Waals surface area contributed by atoms with Crippen LogP contribution in [-0.2, 0) is 0 Å². The number of amides is 1. The smallest absolute Gasteiger partial charge is 0.251 e. The number of nitrogens with one attached hydrogen (secondary N) is 1. The van der Waals surface area contributed by atoms with Crippen molar-refractivity contribution in [2.45, 2.75) is 20.0 Å². The number of rotatable bonds is 5. The normalized spacial score (nSPS) is 12.4. The number of aliphatic hydroxyl groups is 1. The minimum Gasteiger partial charge on any atom is -0.391 e. The lowest BCUT2D eigenvalue weighted by Gasteiger charge is -2.15. The second-order valence-electron chi connectivity index (χ2n) is 5.14. The Labute approximate surface area is 122 Å². The molecule has 1 aromatic carbocycles. The molecule has 6 heteroatoms. The predicted molar refractivity (Wildman–Crippen MR) is 76.7 cm³/mol. The van der Waals surface area contributed by atoms with Crippen LogP contribution in [0, 0.1) is 11.7 Å². The highest BCUT2D eigenvalue weighted by Gasteiger charge is 2.14. The Bertz CT molecular complexity index is 611. The predicted octanol–water partition coefficient (Wildman–Crippen LogP) is 1.76. The zero-order valence-corrected chi connectivity index (χ0v) is 12.0. The van der Waals surface area contributed by atoms with Crippen molar-refractivity contribution in [1.82, 2.24) is 15.1 Å². The highest BCUT2D eigenvalue weighted by atomic mass is 19.1. The molecule has 0 aliphatic carbocycles.